The minimum atomic E-state index is -1.13. The molecule has 2 rings (SSSR count). The molecule has 0 radical (unpaired) electrons. The van der Waals surface area contributed by atoms with Crippen LogP contribution in [0.25, 0.3) is 0 Å². The van der Waals surface area contributed by atoms with E-state index in [4.69, 9.17) is 5.41 Å². The predicted octanol–water partition coefficient (Wildman–Crippen LogP) is 3.92. The second-order valence-electron chi connectivity index (χ2n) is 5.19. The van der Waals surface area contributed by atoms with Gasteiger partial charge in [-0.1, -0.05) is 49.4 Å². The van der Waals surface area contributed by atoms with Gasteiger partial charge in [-0.3, -0.25) is 5.41 Å². The number of nitrogens with one attached hydrogen (secondary N) is 2. The molecule has 0 fully saturated rings. The van der Waals surface area contributed by atoms with Crippen molar-refractivity contribution in [1.29, 1.82) is 5.41 Å². The Labute approximate surface area is 131 Å². The zero-order valence-corrected chi connectivity index (χ0v) is 13.0. The third-order valence-corrected chi connectivity index (χ3v) is 3.65. The Hall–Kier alpha value is -2.36. The Morgan fingerprint density at radius 1 is 1.18 bits per heavy atom. The topological polar surface area (TPSA) is 39.1 Å². The number of aryl methyl sites for hydroxylation is 1. The van der Waals surface area contributed by atoms with Crippen LogP contribution in [0, 0.1) is 5.41 Å². The maximum absolute atomic E-state index is 14.1. The molecular formula is C18H22FN3. The molecule has 0 heterocycles. The van der Waals surface area contributed by atoms with Crippen molar-refractivity contribution in [3.63, 3.8) is 0 Å². The van der Waals surface area contributed by atoms with Crippen LogP contribution in [0.4, 0.5) is 10.1 Å². The van der Waals surface area contributed by atoms with Crippen LogP contribution < -0.4 is 10.2 Å². The van der Waals surface area contributed by atoms with Crippen LogP contribution >= 0.6 is 0 Å². The van der Waals surface area contributed by atoms with E-state index in [0.29, 0.717) is 5.56 Å². The van der Waals surface area contributed by atoms with Crippen LogP contribution in [0.1, 0.15) is 24.2 Å². The molecule has 4 heteroatoms. The molecule has 22 heavy (non-hydrogen) atoms. The zero-order valence-electron chi connectivity index (χ0n) is 13.0. The normalized spacial score (nSPS) is 11.8. The van der Waals surface area contributed by atoms with E-state index in [2.05, 4.69) is 18.3 Å². The van der Waals surface area contributed by atoms with Gasteiger partial charge in [0, 0.05) is 12.7 Å². The summed E-state index contributed by atoms with van der Waals surface area (Å²) in [5.74, 6) is 0.187. The van der Waals surface area contributed by atoms with Gasteiger partial charge < -0.3 is 10.2 Å². The highest BCUT2D eigenvalue weighted by atomic mass is 19.1. The lowest BCUT2D eigenvalue weighted by Gasteiger charge is -2.22. The molecule has 0 spiro atoms. The zero-order chi connectivity index (χ0) is 15.9. The number of nitrogens with zero attached hydrogens (tertiary/aromatic N) is 1. The first kappa shape index (κ1) is 16.0. The van der Waals surface area contributed by atoms with Gasteiger partial charge in [-0.15, -0.1) is 0 Å². The first-order valence-corrected chi connectivity index (χ1v) is 7.46. The van der Waals surface area contributed by atoms with Crippen molar-refractivity contribution in [3.8, 4) is 0 Å². The fourth-order valence-corrected chi connectivity index (χ4v) is 2.20. The van der Waals surface area contributed by atoms with Gasteiger partial charge in [-0.05, 0) is 29.7 Å². The number of benzene rings is 2. The van der Waals surface area contributed by atoms with Gasteiger partial charge in [-0.25, -0.2) is 4.39 Å². The molecule has 2 N–H and O–H groups in total. The fourth-order valence-electron chi connectivity index (χ4n) is 2.20. The first-order chi connectivity index (χ1) is 10.6. The van der Waals surface area contributed by atoms with Gasteiger partial charge in [0.05, 0.1) is 6.54 Å². The van der Waals surface area contributed by atoms with Gasteiger partial charge in [0.15, 0.2) is 5.96 Å². The van der Waals surface area contributed by atoms with E-state index in [1.54, 1.807) is 24.1 Å². The lowest BCUT2D eigenvalue weighted by atomic mass is 10.1. The summed E-state index contributed by atoms with van der Waals surface area (Å²) in [4.78, 5) is 1.72. The minimum absolute atomic E-state index is 0.0840. The van der Waals surface area contributed by atoms with Crippen LogP contribution in [0.2, 0.25) is 0 Å². The molecule has 2 aromatic rings. The highest BCUT2D eigenvalue weighted by molar-refractivity contribution is 5.93. The van der Waals surface area contributed by atoms with Crippen molar-refractivity contribution in [1.82, 2.24) is 5.32 Å². The highest BCUT2D eigenvalue weighted by Crippen LogP contribution is 2.17. The predicted molar refractivity (Wildman–Crippen MR) is 90.2 cm³/mol. The van der Waals surface area contributed by atoms with Gasteiger partial charge in [0.1, 0.15) is 6.17 Å². The summed E-state index contributed by atoms with van der Waals surface area (Å²) in [7, 11) is 1.81. The molecule has 0 saturated carbocycles. The van der Waals surface area contributed by atoms with Crippen molar-refractivity contribution < 1.29 is 4.39 Å². The van der Waals surface area contributed by atoms with Crippen molar-refractivity contribution >= 4 is 11.6 Å². The number of guanidine groups is 1. The van der Waals surface area contributed by atoms with E-state index in [-0.39, 0.29) is 12.5 Å². The number of anilines is 1. The maximum Gasteiger partial charge on any atom is 0.195 e. The van der Waals surface area contributed by atoms with E-state index in [1.807, 2.05) is 36.4 Å². The number of alkyl halides is 1. The van der Waals surface area contributed by atoms with Crippen LogP contribution in [0.3, 0.4) is 0 Å². The van der Waals surface area contributed by atoms with E-state index in [0.717, 1.165) is 12.1 Å². The highest BCUT2D eigenvalue weighted by Gasteiger charge is 2.12. The molecule has 0 aliphatic heterocycles. The Morgan fingerprint density at radius 2 is 1.91 bits per heavy atom. The van der Waals surface area contributed by atoms with Crippen molar-refractivity contribution in [3.05, 3.63) is 65.7 Å². The number of hydrogen-bond acceptors (Lipinski definition) is 1. The summed E-state index contributed by atoms with van der Waals surface area (Å²) in [5.41, 5.74) is 2.76. The summed E-state index contributed by atoms with van der Waals surface area (Å²) in [6.45, 7) is 2.18. The van der Waals surface area contributed by atoms with Crippen LogP contribution in [-0.2, 0) is 6.42 Å². The smallest absolute Gasteiger partial charge is 0.195 e. The number of rotatable bonds is 5. The van der Waals surface area contributed by atoms with Gasteiger partial charge in [0.25, 0.3) is 0 Å². The Kier molecular flexibility index (Phi) is 5.53. The van der Waals surface area contributed by atoms with E-state index in [9.17, 15) is 4.39 Å². The third-order valence-electron chi connectivity index (χ3n) is 3.65. The molecule has 3 nitrogen and oxygen atoms in total. The van der Waals surface area contributed by atoms with Crippen LogP contribution in [-0.4, -0.2) is 19.6 Å². The molecule has 1 atom stereocenters. The largest absolute Gasteiger partial charge is 0.353 e. The molecule has 0 aliphatic carbocycles. The molecule has 0 bridgehead atoms. The van der Waals surface area contributed by atoms with Gasteiger partial charge >= 0.3 is 0 Å². The maximum atomic E-state index is 14.1. The van der Waals surface area contributed by atoms with E-state index < -0.39 is 6.17 Å². The molecule has 0 amide bonds. The van der Waals surface area contributed by atoms with E-state index >= 15 is 0 Å². The lowest BCUT2D eigenvalue weighted by molar-refractivity contribution is 0.342. The van der Waals surface area contributed by atoms with Crippen molar-refractivity contribution in [2.24, 2.45) is 0 Å². The quantitative estimate of drug-likeness (QED) is 0.649. The summed E-state index contributed by atoms with van der Waals surface area (Å²) in [5, 5.41) is 10.9. The minimum Gasteiger partial charge on any atom is -0.353 e. The van der Waals surface area contributed by atoms with Gasteiger partial charge in [0.2, 0.25) is 0 Å². The Balaban J connectivity index is 1.94. The lowest BCUT2D eigenvalue weighted by Crippen LogP contribution is -2.39. The third kappa shape index (κ3) is 4.07. The number of halogens is 1. The second kappa shape index (κ2) is 7.59. The Bertz CT molecular complexity index is 613. The molecule has 116 valence electrons. The molecule has 0 saturated heterocycles. The average molecular weight is 299 g/mol. The fraction of sp³-hybridized carbons (Fsp3) is 0.278. The monoisotopic (exact) mass is 299 g/mol. The summed E-state index contributed by atoms with van der Waals surface area (Å²) in [6, 6.07) is 17.0. The van der Waals surface area contributed by atoms with Gasteiger partial charge in [-0.2, -0.15) is 0 Å². The molecule has 0 aromatic heterocycles. The summed E-state index contributed by atoms with van der Waals surface area (Å²) in [6.07, 6.45) is -0.180. The van der Waals surface area contributed by atoms with Crippen molar-refractivity contribution in [2.75, 3.05) is 18.5 Å². The second-order valence-corrected chi connectivity index (χ2v) is 5.19. The Morgan fingerprint density at radius 3 is 2.59 bits per heavy atom. The molecule has 2 aromatic carbocycles. The SMILES string of the molecule is CCc1cccc(N(C)C(=N)NCC(F)c2ccccc2)c1. The van der Waals surface area contributed by atoms with Crippen molar-refractivity contribution in [2.45, 2.75) is 19.5 Å². The summed E-state index contributed by atoms with van der Waals surface area (Å²) < 4.78 is 14.1. The first-order valence-electron chi connectivity index (χ1n) is 7.46. The summed E-state index contributed by atoms with van der Waals surface area (Å²) >= 11 is 0. The number of hydrogen-bond donors (Lipinski definition) is 2. The molecule has 1 unspecified atom stereocenters. The van der Waals surface area contributed by atoms with Crippen LogP contribution in [0.15, 0.2) is 54.6 Å². The molecule has 0 aliphatic rings. The standard InChI is InChI=1S/C18H22FN3/c1-3-14-8-7-11-16(12-14)22(2)18(20)21-13-17(19)15-9-5-4-6-10-15/h4-12,17H,3,13H2,1-2H3,(H2,20,21). The van der Waals surface area contributed by atoms with E-state index in [1.165, 1.54) is 5.56 Å². The molecular weight excluding hydrogens is 277 g/mol. The van der Waals surface area contributed by atoms with Crippen LogP contribution in [0.5, 0.6) is 0 Å². The average Bonchev–Trinajstić information content (AvgIpc) is 2.59.